The van der Waals surface area contributed by atoms with Crippen molar-refractivity contribution >= 4 is 33.3 Å². The zero-order chi connectivity index (χ0) is 31.0. The molecule has 0 radical (unpaired) electrons. The summed E-state index contributed by atoms with van der Waals surface area (Å²) in [5.74, 6) is -1.87. The molecule has 4 aliphatic rings. The number of nitrogens with zero attached hydrogens (tertiary/aromatic N) is 4. The number of anilines is 1. The largest absolute Gasteiger partial charge is 0.508 e. The fourth-order valence-corrected chi connectivity index (χ4v) is 8.23. The summed E-state index contributed by atoms with van der Waals surface area (Å²) in [6.07, 6.45) is 3.18. The van der Waals surface area contributed by atoms with E-state index >= 15 is 8.78 Å². The van der Waals surface area contributed by atoms with Gasteiger partial charge < -0.3 is 20.1 Å². The molecule has 234 valence electrons. The van der Waals surface area contributed by atoms with E-state index < -0.39 is 28.9 Å². The first-order valence-electron chi connectivity index (χ1n) is 15.7. The lowest BCUT2D eigenvalue weighted by Crippen LogP contribution is -2.51. The Bertz CT molecular complexity index is 1860. The molecule has 45 heavy (non-hydrogen) atoms. The molecular formula is C34H34F3N5O3. The van der Waals surface area contributed by atoms with Crippen molar-refractivity contribution in [2.45, 2.75) is 62.8 Å². The fraction of sp³-hybridized carbons (Fsp3) is 0.441. The highest BCUT2D eigenvalue weighted by atomic mass is 19.1. The average Bonchev–Trinajstić information content (AvgIpc) is 3.65. The molecule has 5 heterocycles. The second-order valence-electron chi connectivity index (χ2n) is 13.1. The lowest BCUT2D eigenvalue weighted by atomic mass is 9.91. The summed E-state index contributed by atoms with van der Waals surface area (Å²) < 4.78 is 53.8. The van der Waals surface area contributed by atoms with Gasteiger partial charge in [-0.3, -0.25) is 9.69 Å². The molecule has 2 N–H and O–H groups in total. The van der Waals surface area contributed by atoms with Gasteiger partial charge in [-0.05, 0) is 68.3 Å². The number of alkyl halides is 1. The third-order valence-corrected chi connectivity index (χ3v) is 10.2. The fourth-order valence-electron chi connectivity index (χ4n) is 8.23. The van der Waals surface area contributed by atoms with Crippen molar-refractivity contribution in [3.8, 4) is 22.9 Å². The molecule has 4 aromatic rings. The van der Waals surface area contributed by atoms with Crippen molar-refractivity contribution in [3.05, 3.63) is 53.6 Å². The Morgan fingerprint density at radius 3 is 2.71 bits per heavy atom. The number of carbonyl (C=O) groups is 1. The number of hydrogen-bond donors (Lipinski definition) is 2. The number of ether oxygens (including phenoxy) is 1. The standard InChI is InChI=1S/C34H34F3N5O3/c1-18(43)24-5-2-4-19-10-23(44)11-25(28(19)24)29-27(36)12-26-31(30(29)37)39-33(40-32(26)41-15-21-6-7-22(16-41)38-21)45-17-34-8-3-9-42(34)14-20(35)13-34/h2,4-5,10-12,20-22,38,44H,3,6-9,13-17H2,1H3/t20-,21?,22?,34+/m1/s1. The summed E-state index contributed by atoms with van der Waals surface area (Å²) in [7, 11) is 0. The minimum atomic E-state index is -0.938. The van der Waals surface area contributed by atoms with Gasteiger partial charge >= 0.3 is 6.01 Å². The van der Waals surface area contributed by atoms with Gasteiger partial charge in [-0.25, -0.2) is 13.2 Å². The Balaban J connectivity index is 1.30. The third kappa shape index (κ3) is 4.70. The Morgan fingerprint density at radius 1 is 1.13 bits per heavy atom. The predicted octanol–water partition coefficient (Wildman–Crippen LogP) is 5.53. The number of carbonyl (C=O) groups excluding carboxylic acids is 1. The van der Waals surface area contributed by atoms with E-state index in [1.165, 1.54) is 25.1 Å². The number of phenolic OH excluding ortho intramolecular Hbond substituents is 1. The summed E-state index contributed by atoms with van der Waals surface area (Å²) in [5.41, 5.74) is -0.638. The first-order chi connectivity index (χ1) is 21.7. The van der Waals surface area contributed by atoms with Crippen LogP contribution < -0.4 is 15.0 Å². The van der Waals surface area contributed by atoms with Crippen molar-refractivity contribution in [3.63, 3.8) is 0 Å². The summed E-state index contributed by atoms with van der Waals surface area (Å²) >= 11 is 0. The molecule has 1 aromatic heterocycles. The van der Waals surface area contributed by atoms with Gasteiger partial charge in [0, 0.05) is 54.5 Å². The maximum atomic E-state index is 16.9. The highest BCUT2D eigenvalue weighted by Gasteiger charge is 2.49. The maximum absolute atomic E-state index is 16.9. The van der Waals surface area contributed by atoms with Crippen LogP contribution in [-0.4, -0.2) is 82.3 Å². The summed E-state index contributed by atoms with van der Waals surface area (Å²) in [5, 5.41) is 15.2. The molecule has 0 saturated carbocycles. The minimum absolute atomic E-state index is 0.0476. The van der Waals surface area contributed by atoms with Crippen molar-refractivity contribution in [1.82, 2.24) is 20.2 Å². The van der Waals surface area contributed by atoms with Gasteiger partial charge in [0.05, 0.1) is 11.1 Å². The number of nitrogens with one attached hydrogen (secondary N) is 1. The SMILES string of the molecule is CC(=O)c1cccc2cc(O)cc(-c3c(F)cc4c(N5CC6CCC(C5)N6)nc(OC[C@@]56CCCN5C[C@H](F)C6)nc4c3F)c12. The molecule has 4 aliphatic heterocycles. The van der Waals surface area contributed by atoms with Gasteiger partial charge in [-0.15, -0.1) is 0 Å². The quantitative estimate of drug-likeness (QED) is 0.273. The van der Waals surface area contributed by atoms with E-state index in [0.29, 0.717) is 42.6 Å². The van der Waals surface area contributed by atoms with Crippen LogP contribution in [-0.2, 0) is 0 Å². The van der Waals surface area contributed by atoms with E-state index in [1.807, 2.05) is 4.90 Å². The summed E-state index contributed by atoms with van der Waals surface area (Å²) in [6.45, 7) is 3.96. The molecule has 8 rings (SSSR count). The normalized spacial score (nSPS) is 26.2. The van der Waals surface area contributed by atoms with Gasteiger partial charge in [0.15, 0.2) is 11.6 Å². The first-order valence-corrected chi connectivity index (χ1v) is 15.7. The number of rotatable bonds is 6. The second-order valence-corrected chi connectivity index (χ2v) is 13.1. The zero-order valence-electron chi connectivity index (χ0n) is 25.0. The average molecular weight is 618 g/mol. The first kappa shape index (κ1) is 28.5. The number of piperazine rings is 1. The Hall–Kier alpha value is -3.96. The minimum Gasteiger partial charge on any atom is -0.508 e. The van der Waals surface area contributed by atoms with E-state index in [4.69, 9.17) is 9.72 Å². The maximum Gasteiger partial charge on any atom is 0.319 e. The molecule has 0 aliphatic carbocycles. The van der Waals surface area contributed by atoms with Crippen LogP contribution in [0.5, 0.6) is 11.8 Å². The van der Waals surface area contributed by atoms with E-state index in [1.54, 1.807) is 18.2 Å². The number of ketones is 1. The number of fused-ring (bicyclic) bond motifs is 5. The third-order valence-electron chi connectivity index (χ3n) is 10.2. The van der Waals surface area contributed by atoms with Gasteiger partial charge in [-0.1, -0.05) is 18.2 Å². The van der Waals surface area contributed by atoms with Crippen molar-refractivity contribution in [2.75, 3.05) is 37.7 Å². The van der Waals surface area contributed by atoms with Crippen molar-refractivity contribution < 1.29 is 27.8 Å². The number of hydrogen-bond acceptors (Lipinski definition) is 8. The molecule has 2 unspecified atom stereocenters. The molecule has 11 heteroatoms. The monoisotopic (exact) mass is 617 g/mol. The number of aromatic hydroxyl groups is 1. The Labute approximate surface area is 258 Å². The van der Waals surface area contributed by atoms with E-state index in [-0.39, 0.29) is 58.3 Å². The number of aromatic nitrogens is 2. The van der Waals surface area contributed by atoms with Crippen LogP contribution in [0, 0.1) is 11.6 Å². The molecule has 4 saturated heterocycles. The van der Waals surface area contributed by atoms with Crippen LogP contribution in [0.1, 0.15) is 49.4 Å². The van der Waals surface area contributed by atoms with E-state index in [0.717, 1.165) is 32.2 Å². The van der Waals surface area contributed by atoms with Crippen molar-refractivity contribution in [1.29, 1.82) is 0 Å². The van der Waals surface area contributed by atoms with E-state index in [9.17, 15) is 14.3 Å². The molecule has 3 aromatic carbocycles. The summed E-state index contributed by atoms with van der Waals surface area (Å²) in [4.78, 5) is 26.0. The van der Waals surface area contributed by atoms with Gasteiger partial charge in [0.25, 0.3) is 0 Å². The van der Waals surface area contributed by atoms with Gasteiger partial charge in [-0.2, -0.15) is 9.97 Å². The molecule has 4 atom stereocenters. The molecule has 0 amide bonds. The van der Waals surface area contributed by atoms with Crippen LogP contribution in [0.3, 0.4) is 0 Å². The van der Waals surface area contributed by atoms with Gasteiger partial charge in [0.2, 0.25) is 0 Å². The number of Topliss-reactive ketones (excluding diaryl/α,β-unsaturated/α-hetero) is 1. The van der Waals surface area contributed by atoms with Crippen LogP contribution in [0.2, 0.25) is 0 Å². The van der Waals surface area contributed by atoms with Crippen LogP contribution in [0.4, 0.5) is 19.0 Å². The molecule has 4 fully saturated rings. The Kier molecular flexibility index (Phi) is 6.69. The molecule has 0 spiro atoms. The molecule has 2 bridgehead atoms. The number of halogens is 3. The van der Waals surface area contributed by atoms with E-state index in [2.05, 4.69) is 15.2 Å². The van der Waals surface area contributed by atoms with Crippen LogP contribution in [0.25, 0.3) is 32.8 Å². The lowest BCUT2D eigenvalue weighted by molar-refractivity contribution is 0.101. The number of phenols is 1. The zero-order valence-corrected chi connectivity index (χ0v) is 25.0. The van der Waals surface area contributed by atoms with Crippen molar-refractivity contribution in [2.24, 2.45) is 0 Å². The topological polar surface area (TPSA) is 90.8 Å². The summed E-state index contributed by atoms with van der Waals surface area (Å²) in [6, 6.07) is 9.36. The van der Waals surface area contributed by atoms with Crippen LogP contribution in [0.15, 0.2) is 36.4 Å². The second kappa shape index (κ2) is 10.6. The van der Waals surface area contributed by atoms with Crippen LogP contribution >= 0.6 is 0 Å². The lowest BCUT2D eigenvalue weighted by Gasteiger charge is -2.34. The molecular weight excluding hydrogens is 583 g/mol. The Morgan fingerprint density at radius 2 is 1.93 bits per heavy atom. The smallest absolute Gasteiger partial charge is 0.319 e. The van der Waals surface area contributed by atoms with Gasteiger partial charge in [0.1, 0.15) is 35.7 Å². The number of benzene rings is 3. The predicted molar refractivity (Wildman–Crippen MR) is 165 cm³/mol. The highest BCUT2D eigenvalue weighted by molar-refractivity contribution is 6.13. The molecule has 8 nitrogen and oxygen atoms in total. The highest BCUT2D eigenvalue weighted by Crippen LogP contribution is 2.43.